The molecule has 0 aliphatic carbocycles. The van der Waals surface area contributed by atoms with Crippen molar-refractivity contribution in [2.24, 2.45) is 0 Å². The number of rotatable bonds is 2. The number of nitrogen functional groups attached to an aromatic ring is 2. The first kappa shape index (κ1) is 12.7. The molecule has 0 amide bonds. The summed E-state index contributed by atoms with van der Waals surface area (Å²) < 4.78 is 0. The van der Waals surface area contributed by atoms with Crippen LogP contribution in [0.25, 0.3) is 0 Å². The first-order chi connectivity index (χ1) is 8.47. The lowest BCUT2D eigenvalue weighted by molar-refractivity contribution is 0.103. The second-order valence-electron chi connectivity index (χ2n) is 3.84. The van der Waals surface area contributed by atoms with Gasteiger partial charge < -0.3 is 11.5 Å². The van der Waals surface area contributed by atoms with Gasteiger partial charge in [0.2, 0.25) is 0 Å². The number of benzene rings is 2. The van der Waals surface area contributed by atoms with E-state index in [1.54, 1.807) is 30.3 Å². The molecule has 4 N–H and O–H groups in total. The quantitative estimate of drug-likeness (QED) is 0.654. The van der Waals surface area contributed by atoms with Crippen LogP contribution in [0.3, 0.4) is 0 Å². The van der Waals surface area contributed by atoms with Crippen LogP contribution in [0.2, 0.25) is 10.0 Å². The van der Waals surface area contributed by atoms with Crippen LogP contribution in [0.4, 0.5) is 11.4 Å². The number of carbonyl (C=O) groups excluding carboxylic acids is 1. The smallest absolute Gasteiger partial charge is 0.193 e. The van der Waals surface area contributed by atoms with Gasteiger partial charge in [-0.05, 0) is 36.4 Å². The highest BCUT2D eigenvalue weighted by Gasteiger charge is 2.11. The van der Waals surface area contributed by atoms with Gasteiger partial charge >= 0.3 is 0 Å². The molecule has 0 bridgehead atoms. The monoisotopic (exact) mass is 280 g/mol. The summed E-state index contributed by atoms with van der Waals surface area (Å²) in [6.07, 6.45) is 0. The first-order valence-corrected chi connectivity index (χ1v) is 5.89. The Labute approximate surface area is 114 Å². The van der Waals surface area contributed by atoms with E-state index >= 15 is 0 Å². The number of nitrogens with two attached hydrogens (primary N) is 2. The molecular formula is C13H10Cl2N2O. The zero-order chi connectivity index (χ0) is 13.3. The molecule has 5 heteroatoms. The fourth-order valence-corrected chi connectivity index (χ4v) is 2.00. The molecule has 0 fully saturated rings. The summed E-state index contributed by atoms with van der Waals surface area (Å²) in [5, 5.41) is 0.760. The predicted octanol–water partition coefficient (Wildman–Crippen LogP) is 3.39. The summed E-state index contributed by atoms with van der Waals surface area (Å²) in [7, 11) is 0. The van der Waals surface area contributed by atoms with Gasteiger partial charge in [-0.1, -0.05) is 23.2 Å². The Morgan fingerprint density at radius 3 is 2.28 bits per heavy atom. The van der Waals surface area contributed by atoms with Gasteiger partial charge in [-0.25, -0.2) is 0 Å². The van der Waals surface area contributed by atoms with E-state index in [0.29, 0.717) is 32.5 Å². The Bertz CT molecular complexity index is 606. The van der Waals surface area contributed by atoms with Crippen LogP contribution in [-0.2, 0) is 0 Å². The first-order valence-electron chi connectivity index (χ1n) is 5.13. The van der Waals surface area contributed by atoms with Crippen LogP contribution in [0, 0.1) is 0 Å². The van der Waals surface area contributed by atoms with Crippen molar-refractivity contribution in [1.29, 1.82) is 0 Å². The lowest BCUT2D eigenvalue weighted by Crippen LogP contribution is -2.03. The maximum absolute atomic E-state index is 12.2. The van der Waals surface area contributed by atoms with Crippen LogP contribution in [0.15, 0.2) is 36.4 Å². The normalized spacial score (nSPS) is 10.3. The molecule has 0 saturated heterocycles. The Hall–Kier alpha value is -1.71. The number of anilines is 2. The minimum atomic E-state index is -0.203. The molecule has 0 unspecified atom stereocenters. The van der Waals surface area contributed by atoms with Crippen molar-refractivity contribution >= 4 is 40.4 Å². The third-order valence-electron chi connectivity index (χ3n) is 2.44. The molecule has 3 nitrogen and oxygen atoms in total. The van der Waals surface area contributed by atoms with Crippen molar-refractivity contribution < 1.29 is 4.79 Å². The van der Waals surface area contributed by atoms with Crippen LogP contribution < -0.4 is 11.5 Å². The van der Waals surface area contributed by atoms with Gasteiger partial charge in [-0.15, -0.1) is 0 Å². The topological polar surface area (TPSA) is 69.1 Å². The fraction of sp³-hybridized carbons (Fsp3) is 0. The molecule has 92 valence electrons. The molecule has 0 aromatic heterocycles. The van der Waals surface area contributed by atoms with Crippen LogP contribution in [0.1, 0.15) is 15.9 Å². The maximum atomic E-state index is 12.2. The lowest BCUT2D eigenvalue weighted by atomic mass is 10.0. The van der Waals surface area contributed by atoms with Crippen LogP contribution in [0.5, 0.6) is 0 Å². The van der Waals surface area contributed by atoms with Crippen molar-refractivity contribution in [2.75, 3.05) is 11.5 Å². The molecule has 18 heavy (non-hydrogen) atoms. The van der Waals surface area contributed by atoms with Crippen LogP contribution in [-0.4, -0.2) is 5.78 Å². The molecule has 0 radical (unpaired) electrons. The highest BCUT2D eigenvalue weighted by molar-refractivity contribution is 6.33. The van der Waals surface area contributed by atoms with Gasteiger partial charge in [0.25, 0.3) is 0 Å². The standard InChI is InChI=1S/C13H10Cl2N2O/c14-9-3-8(4-10(16)6-9)13(18)7-1-2-12(17)11(15)5-7/h1-6H,16-17H2. The van der Waals surface area contributed by atoms with E-state index in [4.69, 9.17) is 34.7 Å². The van der Waals surface area contributed by atoms with Gasteiger partial charge in [0.05, 0.1) is 10.7 Å². The largest absolute Gasteiger partial charge is 0.399 e. The van der Waals surface area contributed by atoms with Gasteiger partial charge in [0.15, 0.2) is 5.78 Å². The van der Waals surface area contributed by atoms with E-state index in [0.717, 1.165) is 0 Å². The Morgan fingerprint density at radius 2 is 1.67 bits per heavy atom. The van der Waals surface area contributed by atoms with E-state index in [-0.39, 0.29) is 5.78 Å². The molecule has 0 aliphatic heterocycles. The van der Waals surface area contributed by atoms with Crippen molar-refractivity contribution in [2.45, 2.75) is 0 Å². The van der Waals surface area contributed by atoms with Crippen molar-refractivity contribution in [3.05, 3.63) is 57.6 Å². The molecule has 2 aromatic carbocycles. The average molecular weight is 281 g/mol. The summed E-state index contributed by atoms with van der Waals surface area (Å²) in [5.41, 5.74) is 13.0. The fourth-order valence-electron chi connectivity index (χ4n) is 1.58. The molecule has 0 spiro atoms. The lowest BCUT2D eigenvalue weighted by Gasteiger charge is -2.05. The highest BCUT2D eigenvalue weighted by Crippen LogP contribution is 2.23. The molecular weight excluding hydrogens is 271 g/mol. The van der Waals surface area contributed by atoms with Gasteiger partial charge in [-0.2, -0.15) is 0 Å². The zero-order valence-electron chi connectivity index (χ0n) is 9.28. The molecule has 0 saturated carbocycles. The number of hydrogen-bond acceptors (Lipinski definition) is 3. The molecule has 0 aliphatic rings. The van der Waals surface area contributed by atoms with Crippen molar-refractivity contribution in [3.8, 4) is 0 Å². The van der Waals surface area contributed by atoms with Crippen molar-refractivity contribution in [1.82, 2.24) is 0 Å². The van der Waals surface area contributed by atoms with Crippen LogP contribution >= 0.6 is 23.2 Å². The Balaban J connectivity index is 2.44. The van der Waals surface area contributed by atoms with E-state index in [2.05, 4.69) is 0 Å². The van der Waals surface area contributed by atoms with E-state index in [1.807, 2.05) is 0 Å². The SMILES string of the molecule is Nc1cc(Cl)cc(C(=O)c2ccc(N)c(Cl)c2)c1. The van der Waals surface area contributed by atoms with Crippen molar-refractivity contribution in [3.63, 3.8) is 0 Å². The zero-order valence-corrected chi connectivity index (χ0v) is 10.8. The summed E-state index contributed by atoms with van der Waals surface area (Å²) in [4.78, 5) is 12.2. The number of ketones is 1. The Morgan fingerprint density at radius 1 is 0.944 bits per heavy atom. The minimum Gasteiger partial charge on any atom is -0.399 e. The summed E-state index contributed by atoms with van der Waals surface area (Å²) in [6, 6.07) is 9.43. The van der Waals surface area contributed by atoms with E-state index < -0.39 is 0 Å². The highest BCUT2D eigenvalue weighted by atomic mass is 35.5. The summed E-state index contributed by atoms with van der Waals surface area (Å²) in [5.74, 6) is -0.203. The van der Waals surface area contributed by atoms with Gasteiger partial charge in [-0.3, -0.25) is 4.79 Å². The molecule has 2 aromatic rings. The van der Waals surface area contributed by atoms with Gasteiger partial charge in [0, 0.05) is 21.8 Å². The number of halogens is 2. The Kier molecular flexibility index (Phi) is 3.45. The molecule has 0 atom stereocenters. The second kappa shape index (κ2) is 4.88. The van der Waals surface area contributed by atoms with E-state index in [1.165, 1.54) is 6.07 Å². The second-order valence-corrected chi connectivity index (χ2v) is 4.68. The summed E-state index contributed by atoms with van der Waals surface area (Å²) in [6.45, 7) is 0. The maximum Gasteiger partial charge on any atom is 0.193 e. The van der Waals surface area contributed by atoms with E-state index in [9.17, 15) is 4.79 Å². The number of hydrogen-bond donors (Lipinski definition) is 2. The third kappa shape index (κ3) is 2.58. The third-order valence-corrected chi connectivity index (χ3v) is 2.99. The summed E-state index contributed by atoms with van der Waals surface area (Å²) >= 11 is 11.7. The number of carbonyl (C=O) groups is 1. The molecule has 2 rings (SSSR count). The molecule has 0 heterocycles. The predicted molar refractivity (Wildman–Crippen MR) is 75.2 cm³/mol. The average Bonchev–Trinajstić information content (AvgIpc) is 2.30. The minimum absolute atomic E-state index is 0.203. The van der Waals surface area contributed by atoms with Gasteiger partial charge in [0.1, 0.15) is 0 Å².